The van der Waals surface area contributed by atoms with Crippen molar-refractivity contribution >= 4 is 12.1 Å². The van der Waals surface area contributed by atoms with Crippen molar-refractivity contribution in [3.05, 3.63) is 77.1 Å². The molecule has 0 fully saturated rings. The molecule has 0 spiro atoms. The van der Waals surface area contributed by atoms with Gasteiger partial charge in [-0.2, -0.15) is 0 Å². The first-order valence-electron chi connectivity index (χ1n) is 7.67. The van der Waals surface area contributed by atoms with Crippen LogP contribution in [0.4, 0.5) is 13.2 Å². The van der Waals surface area contributed by atoms with E-state index >= 15 is 0 Å². The first kappa shape index (κ1) is 17.7. The Morgan fingerprint density at radius 1 is 1.04 bits per heavy atom. The normalized spacial score (nSPS) is 14.3. The molecule has 2 aromatic rings. The van der Waals surface area contributed by atoms with Gasteiger partial charge in [0.05, 0.1) is 5.57 Å². The van der Waals surface area contributed by atoms with Gasteiger partial charge in [0.15, 0.2) is 11.6 Å². The molecule has 131 valence electrons. The molecule has 0 aliphatic heterocycles. The fourth-order valence-corrected chi connectivity index (χ4v) is 2.55. The van der Waals surface area contributed by atoms with Gasteiger partial charge in [0.25, 0.3) is 0 Å². The maximum atomic E-state index is 13.8. The predicted molar refractivity (Wildman–Crippen MR) is 88.8 cm³/mol. The maximum Gasteiger partial charge on any atom is 0.236 e. The minimum absolute atomic E-state index is 0.00550. The molecule has 2 aromatic carbocycles. The van der Waals surface area contributed by atoms with Gasteiger partial charge in [-0.3, -0.25) is 9.59 Å². The molecule has 0 saturated carbocycles. The van der Waals surface area contributed by atoms with Crippen LogP contribution in [0.15, 0.2) is 65.5 Å². The van der Waals surface area contributed by atoms with Gasteiger partial charge >= 0.3 is 0 Å². The third kappa shape index (κ3) is 3.74. The number of halogens is 3. The summed E-state index contributed by atoms with van der Waals surface area (Å²) in [5.41, 5.74) is 0.834. The molecule has 0 unspecified atom stereocenters. The Balaban J connectivity index is 1.70. The Bertz CT molecular complexity index is 928. The summed E-state index contributed by atoms with van der Waals surface area (Å²) < 4.78 is 45.6. The molecule has 0 bridgehead atoms. The number of Topliss-reactive ketones (excluding diaryl/α,β-unsaturated/α-hetero) is 1. The highest BCUT2D eigenvalue weighted by atomic mass is 19.1. The quantitative estimate of drug-likeness (QED) is 0.804. The average molecular weight is 357 g/mol. The molecule has 0 N–H and O–H groups in total. The van der Waals surface area contributed by atoms with Crippen LogP contribution in [0.25, 0.3) is 11.1 Å². The predicted octanol–water partition coefficient (Wildman–Crippen LogP) is 4.24. The van der Waals surface area contributed by atoms with Gasteiger partial charge in [-0.1, -0.05) is 12.1 Å². The molecule has 3 nitrogen and oxygen atoms in total. The minimum Gasteiger partial charge on any atom is -0.489 e. The molecule has 3 rings (SSSR count). The number of benzene rings is 2. The average Bonchev–Trinajstić information content (AvgIpc) is 2.63. The topological polar surface area (TPSA) is 43.4 Å². The largest absolute Gasteiger partial charge is 0.489 e. The molecule has 0 amide bonds. The Morgan fingerprint density at radius 2 is 1.77 bits per heavy atom. The summed E-state index contributed by atoms with van der Waals surface area (Å²) in [5, 5.41) is 0. The number of allylic oxidation sites excluding steroid dienone is 3. The summed E-state index contributed by atoms with van der Waals surface area (Å²) >= 11 is 0. The smallest absolute Gasteiger partial charge is 0.236 e. The number of carbonyl (C=O) groups is 1. The minimum atomic E-state index is -1.09. The van der Waals surface area contributed by atoms with Gasteiger partial charge in [-0.25, -0.2) is 13.2 Å². The summed E-state index contributed by atoms with van der Waals surface area (Å²) in [4.78, 5) is 22.1. The van der Waals surface area contributed by atoms with Crippen molar-refractivity contribution < 1.29 is 27.5 Å². The Labute approximate surface area is 147 Å². The number of rotatable bonds is 5. The lowest BCUT2D eigenvalue weighted by molar-refractivity contribution is -0.116. The Morgan fingerprint density at radius 3 is 2.42 bits per heavy atom. The number of ketones is 1. The molecule has 6 heteroatoms. The zero-order chi connectivity index (χ0) is 18.7. The first-order chi connectivity index (χ1) is 12.5. The van der Waals surface area contributed by atoms with Crippen LogP contribution in [0.1, 0.15) is 6.42 Å². The second-order valence-electron chi connectivity index (χ2n) is 5.67. The van der Waals surface area contributed by atoms with E-state index in [1.165, 1.54) is 24.5 Å². The van der Waals surface area contributed by atoms with Crippen molar-refractivity contribution in [1.29, 1.82) is 0 Å². The number of carbonyl (C=O) groups excluding carboxylic acids is 2. The standard InChI is InChI=1S/C20H12F3O3/c21-15-3-6-17(18(22)9-15)13-1-4-16(5-2-13)26-11-12-7-14(10-24)20(23)19(25)8-12/h1-7,9H,8,11H2. The summed E-state index contributed by atoms with van der Waals surface area (Å²) in [6, 6.07) is 9.72. The van der Waals surface area contributed by atoms with Crippen LogP contribution in [0.2, 0.25) is 0 Å². The Hall–Kier alpha value is -3.15. The van der Waals surface area contributed by atoms with Crippen LogP contribution in [-0.2, 0) is 9.59 Å². The first-order valence-corrected chi connectivity index (χ1v) is 7.67. The van der Waals surface area contributed by atoms with E-state index < -0.39 is 28.8 Å². The number of hydrogen-bond acceptors (Lipinski definition) is 3. The van der Waals surface area contributed by atoms with Crippen LogP contribution in [0, 0.1) is 11.6 Å². The van der Waals surface area contributed by atoms with Gasteiger partial charge in [0.1, 0.15) is 24.0 Å². The van der Waals surface area contributed by atoms with E-state index in [1.807, 2.05) is 0 Å². The van der Waals surface area contributed by atoms with Crippen LogP contribution in [-0.4, -0.2) is 18.7 Å². The third-order valence-corrected chi connectivity index (χ3v) is 3.85. The number of ether oxygens (including phenoxy) is 1. The molecule has 0 atom stereocenters. The van der Waals surface area contributed by atoms with Crippen molar-refractivity contribution in [1.82, 2.24) is 0 Å². The van der Waals surface area contributed by atoms with E-state index in [4.69, 9.17) is 4.74 Å². The van der Waals surface area contributed by atoms with Gasteiger partial charge in [0.2, 0.25) is 6.29 Å². The monoisotopic (exact) mass is 357 g/mol. The maximum absolute atomic E-state index is 13.8. The number of hydrogen-bond donors (Lipinski definition) is 0. The molecular weight excluding hydrogens is 345 g/mol. The molecular formula is C20H12F3O3. The van der Waals surface area contributed by atoms with Crippen molar-refractivity contribution in [2.24, 2.45) is 0 Å². The molecule has 1 aliphatic rings. The van der Waals surface area contributed by atoms with E-state index in [2.05, 4.69) is 0 Å². The van der Waals surface area contributed by atoms with E-state index in [-0.39, 0.29) is 18.6 Å². The highest BCUT2D eigenvalue weighted by Crippen LogP contribution is 2.26. The summed E-state index contributed by atoms with van der Waals surface area (Å²) in [6.45, 7) is -0.00550. The lowest BCUT2D eigenvalue weighted by Gasteiger charge is -2.13. The van der Waals surface area contributed by atoms with Crippen molar-refractivity contribution in [2.45, 2.75) is 6.42 Å². The van der Waals surface area contributed by atoms with Crippen molar-refractivity contribution in [2.75, 3.05) is 6.61 Å². The molecule has 26 heavy (non-hydrogen) atoms. The fourth-order valence-electron chi connectivity index (χ4n) is 2.55. The lowest BCUT2D eigenvalue weighted by atomic mass is 9.98. The van der Waals surface area contributed by atoms with Crippen LogP contribution in [0.3, 0.4) is 0 Å². The molecule has 1 radical (unpaired) electrons. The lowest BCUT2D eigenvalue weighted by Crippen LogP contribution is -2.13. The van der Waals surface area contributed by atoms with E-state index in [0.717, 1.165) is 6.07 Å². The molecule has 0 saturated heterocycles. The summed E-state index contributed by atoms with van der Waals surface area (Å²) in [5.74, 6) is -2.76. The Kier molecular flexibility index (Phi) is 5.02. The molecule has 0 aromatic heterocycles. The van der Waals surface area contributed by atoms with E-state index in [9.17, 15) is 22.8 Å². The summed E-state index contributed by atoms with van der Waals surface area (Å²) in [7, 11) is 0. The zero-order valence-corrected chi connectivity index (χ0v) is 13.4. The van der Waals surface area contributed by atoms with Gasteiger partial charge in [-0.15, -0.1) is 0 Å². The van der Waals surface area contributed by atoms with Crippen molar-refractivity contribution in [3.63, 3.8) is 0 Å². The highest BCUT2D eigenvalue weighted by molar-refractivity contribution is 6.03. The second kappa shape index (κ2) is 7.39. The van der Waals surface area contributed by atoms with Gasteiger partial charge < -0.3 is 4.74 Å². The van der Waals surface area contributed by atoms with Crippen LogP contribution in [0.5, 0.6) is 5.75 Å². The van der Waals surface area contributed by atoms with E-state index in [1.54, 1.807) is 24.3 Å². The second-order valence-corrected chi connectivity index (χ2v) is 5.67. The zero-order valence-electron chi connectivity index (χ0n) is 13.4. The fraction of sp³-hybridized carbons (Fsp3) is 0.100. The molecule has 1 aliphatic carbocycles. The van der Waals surface area contributed by atoms with Gasteiger partial charge in [-0.05, 0) is 41.5 Å². The van der Waals surface area contributed by atoms with Gasteiger partial charge in [0, 0.05) is 18.1 Å². The van der Waals surface area contributed by atoms with Crippen molar-refractivity contribution in [3.8, 4) is 16.9 Å². The third-order valence-electron chi connectivity index (χ3n) is 3.85. The highest BCUT2D eigenvalue weighted by Gasteiger charge is 2.22. The van der Waals surface area contributed by atoms with Crippen LogP contribution < -0.4 is 4.74 Å². The van der Waals surface area contributed by atoms with E-state index in [0.29, 0.717) is 16.9 Å². The molecule has 0 heterocycles. The summed E-state index contributed by atoms with van der Waals surface area (Å²) in [6.07, 6.45) is 2.46. The van der Waals surface area contributed by atoms with Crippen LogP contribution >= 0.6 is 0 Å². The SMILES string of the molecule is O=[C]C1=C(F)C(=O)CC(COc2ccc(-c3ccc(F)cc3F)cc2)=C1.